The summed E-state index contributed by atoms with van der Waals surface area (Å²) < 4.78 is 12.9. The van der Waals surface area contributed by atoms with E-state index in [9.17, 15) is 14.0 Å². The van der Waals surface area contributed by atoms with Crippen molar-refractivity contribution in [2.75, 3.05) is 25.0 Å². The quantitative estimate of drug-likeness (QED) is 0.882. The van der Waals surface area contributed by atoms with Crippen LogP contribution in [0.1, 0.15) is 12.8 Å². The van der Waals surface area contributed by atoms with Crippen molar-refractivity contribution >= 4 is 17.4 Å². The fourth-order valence-electron chi connectivity index (χ4n) is 1.93. The Morgan fingerprint density at radius 3 is 2.72 bits per heavy atom. The van der Waals surface area contributed by atoms with Gasteiger partial charge in [-0.3, -0.25) is 14.5 Å². The van der Waals surface area contributed by atoms with Gasteiger partial charge in [-0.05, 0) is 18.2 Å². The molecular weight excluding hydrogens is 235 g/mol. The van der Waals surface area contributed by atoms with Gasteiger partial charge in [-0.25, -0.2) is 4.39 Å². The monoisotopic (exact) mass is 250 g/mol. The van der Waals surface area contributed by atoms with E-state index in [2.05, 4.69) is 5.32 Å². The van der Waals surface area contributed by atoms with E-state index in [1.807, 2.05) is 4.90 Å². The van der Waals surface area contributed by atoms with E-state index < -0.39 is 0 Å². The van der Waals surface area contributed by atoms with Crippen LogP contribution in [0.2, 0.25) is 0 Å². The number of carbonyl (C=O) groups is 2. The van der Waals surface area contributed by atoms with Gasteiger partial charge in [-0.1, -0.05) is 6.07 Å². The number of anilines is 1. The molecular formula is C13H15FN2O2. The Bertz CT molecular complexity index is 452. The van der Waals surface area contributed by atoms with E-state index in [1.165, 1.54) is 12.1 Å². The maximum atomic E-state index is 12.9. The number of hydrogen-bond donors (Lipinski definition) is 1. The molecule has 1 aromatic carbocycles. The molecule has 0 aromatic heterocycles. The molecule has 5 heteroatoms. The van der Waals surface area contributed by atoms with Crippen LogP contribution in [0.4, 0.5) is 10.1 Å². The Balaban J connectivity index is 1.83. The number of ketones is 1. The maximum absolute atomic E-state index is 12.9. The van der Waals surface area contributed by atoms with Crippen LogP contribution in [-0.2, 0) is 9.59 Å². The lowest BCUT2D eigenvalue weighted by Gasteiger charge is -2.24. The van der Waals surface area contributed by atoms with Crippen LogP contribution in [0.25, 0.3) is 0 Å². The topological polar surface area (TPSA) is 49.4 Å². The average molecular weight is 250 g/mol. The van der Waals surface area contributed by atoms with E-state index in [0.717, 1.165) is 0 Å². The summed E-state index contributed by atoms with van der Waals surface area (Å²) in [6.45, 7) is 1.48. The van der Waals surface area contributed by atoms with E-state index >= 15 is 0 Å². The smallest absolute Gasteiger partial charge is 0.238 e. The number of Topliss-reactive ketones (excluding diaryl/α,β-unsaturated/α-hetero) is 1. The van der Waals surface area contributed by atoms with Crippen LogP contribution >= 0.6 is 0 Å². The number of halogens is 1. The second-order valence-corrected chi connectivity index (χ2v) is 4.37. The van der Waals surface area contributed by atoms with Crippen molar-refractivity contribution in [1.82, 2.24) is 4.90 Å². The molecule has 0 saturated carbocycles. The Morgan fingerprint density at radius 1 is 1.33 bits per heavy atom. The molecule has 0 aliphatic carbocycles. The van der Waals surface area contributed by atoms with Gasteiger partial charge >= 0.3 is 0 Å². The minimum Gasteiger partial charge on any atom is -0.325 e. The van der Waals surface area contributed by atoms with Crippen LogP contribution in [-0.4, -0.2) is 36.2 Å². The molecule has 96 valence electrons. The van der Waals surface area contributed by atoms with Crippen molar-refractivity contribution in [2.24, 2.45) is 0 Å². The normalized spacial score (nSPS) is 16.6. The van der Waals surface area contributed by atoms with Gasteiger partial charge in [0.05, 0.1) is 6.54 Å². The lowest BCUT2D eigenvalue weighted by molar-refractivity contribution is -0.124. The largest absolute Gasteiger partial charge is 0.325 e. The predicted octanol–water partition coefficient (Wildman–Crippen LogP) is 1.43. The number of likely N-dealkylation sites (tertiary alicyclic amines) is 1. The van der Waals surface area contributed by atoms with Gasteiger partial charge in [0.2, 0.25) is 5.91 Å². The molecule has 1 aromatic rings. The predicted molar refractivity (Wildman–Crippen MR) is 65.7 cm³/mol. The number of carbonyl (C=O) groups excluding carboxylic acids is 2. The molecule has 1 aliphatic rings. The first-order chi connectivity index (χ1) is 8.63. The molecule has 1 heterocycles. The second kappa shape index (κ2) is 5.73. The molecule has 0 spiro atoms. The fourth-order valence-corrected chi connectivity index (χ4v) is 1.93. The minimum atomic E-state index is -0.378. The molecule has 18 heavy (non-hydrogen) atoms. The van der Waals surface area contributed by atoms with Gasteiger partial charge in [0.1, 0.15) is 11.6 Å². The number of hydrogen-bond acceptors (Lipinski definition) is 3. The Kier molecular flexibility index (Phi) is 4.04. The number of rotatable bonds is 3. The van der Waals surface area contributed by atoms with Crippen molar-refractivity contribution in [3.05, 3.63) is 30.1 Å². The number of piperidine rings is 1. The lowest BCUT2D eigenvalue weighted by Crippen LogP contribution is -2.39. The summed E-state index contributed by atoms with van der Waals surface area (Å²) in [6.07, 6.45) is 1.01. The number of benzene rings is 1. The highest BCUT2D eigenvalue weighted by Crippen LogP contribution is 2.10. The molecule has 1 aliphatic heterocycles. The van der Waals surface area contributed by atoms with Gasteiger partial charge in [0, 0.05) is 31.6 Å². The highest BCUT2D eigenvalue weighted by molar-refractivity contribution is 5.92. The van der Waals surface area contributed by atoms with Crippen LogP contribution in [0, 0.1) is 5.82 Å². The Labute approximate surface area is 105 Å². The second-order valence-electron chi connectivity index (χ2n) is 4.37. The molecule has 4 nitrogen and oxygen atoms in total. The number of amides is 1. The summed E-state index contributed by atoms with van der Waals surface area (Å²) in [7, 11) is 0. The summed E-state index contributed by atoms with van der Waals surface area (Å²) >= 11 is 0. The highest BCUT2D eigenvalue weighted by atomic mass is 19.1. The third-order valence-electron chi connectivity index (χ3n) is 2.89. The molecule has 0 bridgehead atoms. The molecule has 1 amide bonds. The van der Waals surface area contributed by atoms with Gasteiger partial charge in [0.25, 0.3) is 0 Å². The summed E-state index contributed by atoms with van der Waals surface area (Å²) in [4.78, 5) is 24.7. The third-order valence-corrected chi connectivity index (χ3v) is 2.89. The van der Waals surface area contributed by atoms with E-state index in [0.29, 0.717) is 31.6 Å². The van der Waals surface area contributed by atoms with Crippen molar-refractivity contribution in [2.45, 2.75) is 12.8 Å². The van der Waals surface area contributed by atoms with Crippen molar-refractivity contribution in [1.29, 1.82) is 0 Å². The zero-order chi connectivity index (χ0) is 13.0. The van der Waals surface area contributed by atoms with Crippen molar-refractivity contribution < 1.29 is 14.0 Å². The molecule has 1 N–H and O–H groups in total. The number of nitrogens with zero attached hydrogens (tertiary/aromatic N) is 1. The van der Waals surface area contributed by atoms with Crippen LogP contribution in [0.15, 0.2) is 24.3 Å². The summed E-state index contributed by atoms with van der Waals surface area (Å²) in [5, 5.41) is 2.64. The van der Waals surface area contributed by atoms with Gasteiger partial charge in [-0.15, -0.1) is 0 Å². The van der Waals surface area contributed by atoms with Crippen LogP contribution in [0.3, 0.4) is 0 Å². The maximum Gasteiger partial charge on any atom is 0.238 e. The molecule has 2 rings (SSSR count). The molecule has 1 fully saturated rings. The van der Waals surface area contributed by atoms with E-state index in [-0.39, 0.29) is 24.1 Å². The molecule has 0 unspecified atom stereocenters. The standard InChI is InChI=1S/C13H15FN2O2/c14-10-2-1-3-11(8-10)15-13(18)9-16-6-4-12(17)5-7-16/h1-3,8H,4-7,9H2,(H,15,18). The zero-order valence-electron chi connectivity index (χ0n) is 9.99. The molecule has 1 saturated heterocycles. The van der Waals surface area contributed by atoms with Gasteiger partial charge < -0.3 is 5.32 Å². The Hall–Kier alpha value is -1.75. The van der Waals surface area contributed by atoms with E-state index in [4.69, 9.17) is 0 Å². The summed E-state index contributed by atoms with van der Waals surface area (Å²) in [5.41, 5.74) is 0.452. The summed E-state index contributed by atoms with van der Waals surface area (Å²) in [5.74, 6) is -0.317. The molecule has 0 radical (unpaired) electrons. The van der Waals surface area contributed by atoms with Gasteiger partial charge in [-0.2, -0.15) is 0 Å². The first-order valence-electron chi connectivity index (χ1n) is 5.93. The SMILES string of the molecule is O=C1CCN(CC(=O)Nc2cccc(F)c2)CC1. The lowest BCUT2D eigenvalue weighted by atomic mass is 10.1. The van der Waals surface area contributed by atoms with E-state index in [1.54, 1.807) is 12.1 Å². The van der Waals surface area contributed by atoms with Crippen molar-refractivity contribution in [3.63, 3.8) is 0 Å². The van der Waals surface area contributed by atoms with Crippen LogP contribution < -0.4 is 5.32 Å². The highest BCUT2D eigenvalue weighted by Gasteiger charge is 2.18. The first kappa shape index (κ1) is 12.7. The Morgan fingerprint density at radius 2 is 2.06 bits per heavy atom. The van der Waals surface area contributed by atoms with Crippen LogP contribution in [0.5, 0.6) is 0 Å². The third kappa shape index (κ3) is 3.63. The van der Waals surface area contributed by atoms with Crippen molar-refractivity contribution in [3.8, 4) is 0 Å². The summed E-state index contributed by atoms with van der Waals surface area (Å²) in [6, 6.07) is 5.79. The minimum absolute atomic E-state index is 0.185. The first-order valence-corrected chi connectivity index (χ1v) is 5.93. The molecule has 0 atom stereocenters. The van der Waals surface area contributed by atoms with Gasteiger partial charge in [0.15, 0.2) is 0 Å². The number of nitrogens with one attached hydrogen (secondary N) is 1. The fraction of sp³-hybridized carbons (Fsp3) is 0.385. The average Bonchev–Trinajstić information content (AvgIpc) is 2.32. The zero-order valence-corrected chi connectivity index (χ0v) is 9.99.